The van der Waals surface area contributed by atoms with Crippen LogP contribution in [0.5, 0.6) is 0 Å². The second kappa shape index (κ2) is 9.25. The Balaban J connectivity index is 1.42. The van der Waals surface area contributed by atoms with Crippen LogP contribution in [0.2, 0.25) is 0 Å². The van der Waals surface area contributed by atoms with Crippen LogP contribution in [0.3, 0.4) is 0 Å². The first-order chi connectivity index (χ1) is 18.9. The number of amides is 2. The van der Waals surface area contributed by atoms with Crippen molar-refractivity contribution in [3.63, 3.8) is 0 Å². The zero-order chi connectivity index (χ0) is 27.3. The average molecular weight is 522 g/mol. The molecule has 3 atom stereocenters. The van der Waals surface area contributed by atoms with E-state index >= 15 is 0 Å². The number of carbonyl (C=O) groups excluding carboxylic acids is 5. The Labute approximate surface area is 223 Å². The lowest BCUT2D eigenvalue weighted by molar-refractivity contribution is -0.126. The van der Waals surface area contributed by atoms with Crippen LogP contribution in [0.25, 0.3) is 6.08 Å². The molecule has 0 radical (unpaired) electrons. The Bertz CT molecular complexity index is 1520. The summed E-state index contributed by atoms with van der Waals surface area (Å²) in [5, 5.41) is 0. The molecular weight excluding hydrogens is 498 g/mol. The summed E-state index contributed by atoms with van der Waals surface area (Å²) in [6, 6.07) is 21.5. The molecule has 194 valence electrons. The van der Waals surface area contributed by atoms with Crippen LogP contribution in [-0.4, -0.2) is 47.7 Å². The molecule has 2 saturated heterocycles. The number of ketones is 2. The molecule has 2 amide bonds. The van der Waals surface area contributed by atoms with Crippen LogP contribution < -0.4 is 4.90 Å². The van der Waals surface area contributed by atoms with Crippen molar-refractivity contribution in [2.24, 2.45) is 11.8 Å². The van der Waals surface area contributed by atoms with Crippen LogP contribution in [-0.2, 0) is 19.1 Å². The first-order valence-electron chi connectivity index (χ1n) is 12.6. The maximum absolute atomic E-state index is 13.9. The highest BCUT2D eigenvalue weighted by atomic mass is 16.5. The van der Waals surface area contributed by atoms with Gasteiger partial charge in [0.25, 0.3) is 0 Å². The van der Waals surface area contributed by atoms with E-state index in [0.717, 1.165) is 10.5 Å². The van der Waals surface area contributed by atoms with E-state index in [1.165, 1.54) is 36.4 Å². The number of anilines is 1. The molecule has 3 aromatic rings. The Kier molecular flexibility index (Phi) is 5.84. The van der Waals surface area contributed by atoms with Crippen LogP contribution in [0, 0.1) is 11.8 Å². The van der Waals surface area contributed by atoms with Crippen molar-refractivity contribution in [1.29, 1.82) is 0 Å². The molecule has 0 unspecified atom stereocenters. The molecule has 6 rings (SSSR count). The molecule has 2 aliphatic heterocycles. The van der Waals surface area contributed by atoms with Crippen LogP contribution >= 0.6 is 0 Å². The minimum atomic E-state index is -2.13. The van der Waals surface area contributed by atoms with Crippen molar-refractivity contribution in [3.05, 3.63) is 107 Å². The fraction of sp³-hybridized carbons (Fsp3) is 0.194. The second-order valence-electron chi connectivity index (χ2n) is 9.57. The first kappa shape index (κ1) is 24.6. The van der Waals surface area contributed by atoms with E-state index in [0.29, 0.717) is 0 Å². The number of carbonyl (C=O) groups is 5. The number of Topliss-reactive ketones (excluding diaryl/α,β-unsaturated/α-hetero) is 2. The number of hydrogen-bond donors (Lipinski definition) is 0. The van der Waals surface area contributed by atoms with Crippen LogP contribution in [0.1, 0.15) is 43.6 Å². The monoisotopic (exact) mass is 521 g/mol. The molecule has 0 saturated carbocycles. The van der Waals surface area contributed by atoms with E-state index in [1.807, 2.05) is 30.3 Å². The summed E-state index contributed by atoms with van der Waals surface area (Å²) < 4.78 is 11.2. The van der Waals surface area contributed by atoms with Crippen molar-refractivity contribution in [3.8, 4) is 0 Å². The molecule has 0 N–H and O–H groups in total. The van der Waals surface area contributed by atoms with Crippen molar-refractivity contribution in [2.45, 2.75) is 18.6 Å². The van der Waals surface area contributed by atoms with Crippen LogP contribution in [0.15, 0.2) is 84.9 Å². The van der Waals surface area contributed by atoms with Crippen LogP contribution in [0.4, 0.5) is 5.69 Å². The predicted octanol–water partition coefficient (Wildman–Crippen LogP) is 3.90. The maximum Gasteiger partial charge on any atom is 0.338 e. The highest BCUT2D eigenvalue weighted by molar-refractivity contribution is 6.37. The van der Waals surface area contributed by atoms with E-state index in [9.17, 15) is 24.0 Å². The number of ether oxygens (including phenoxy) is 2. The number of rotatable bonds is 5. The van der Waals surface area contributed by atoms with Crippen molar-refractivity contribution in [1.82, 2.24) is 0 Å². The second-order valence-corrected chi connectivity index (χ2v) is 9.57. The summed E-state index contributed by atoms with van der Waals surface area (Å²) in [6.07, 6.45) is 2.37. The van der Waals surface area contributed by atoms with Gasteiger partial charge in [-0.1, -0.05) is 66.7 Å². The van der Waals surface area contributed by atoms with Gasteiger partial charge in [-0.25, -0.2) is 9.69 Å². The zero-order valence-corrected chi connectivity index (χ0v) is 20.9. The summed E-state index contributed by atoms with van der Waals surface area (Å²) in [5.74, 6) is -5.47. The van der Waals surface area contributed by atoms with E-state index in [1.54, 1.807) is 31.2 Å². The topological polar surface area (TPSA) is 107 Å². The smallest absolute Gasteiger partial charge is 0.338 e. The fourth-order valence-corrected chi connectivity index (χ4v) is 5.73. The summed E-state index contributed by atoms with van der Waals surface area (Å²) in [7, 11) is 0. The van der Waals surface area contributed by atoms with E-state index in [-0.39, 0.29) is 29.0 Å². The van der Waals surface area contributed by atoms with Crippen molar-refractivity contribution in [2.75, 3.05) is 11.5 Å². The third kappa shape index (κ3) is 3.59. The van der Waals surface area contributed by atoms with E-state index in [4.69, 9.17) is 9.47 Å². The number of nitrogens with zero attached hydrogens (tertiary/aromatic N) is 1. The molecule has 3 aromatic carbocycles. The zero-order valence-electron chi connectivity index (χ0n) is 20.9. The van der Waals surface area contributed by atoms with Gasteiger partial charge in [0.05, 0.1) is 35.8 Å². The lowest BCUT2D eigenvalue weighted by atomic mass is 9.78. The summed E-state index contributed by atoms with van der Waals surface area (Å²) in [6.45, 7) is 1.90. The standard InChI is InChI=1S/C31H23NO7/c1-2-38-30(37)19-13-15-20(16-14-19)32-28(35)24-23(17-12-18-8-4-3-5-9-18)39-31(25(24)29(32)36)26(33)21-10-6-7-11-22(21)27(31)34/h3-17,23-25H,2H2,1H3/b17-12+/t23-,24-,25-/m0/s1. The SMILES string of the molecule is CCOC(=O)c1ccc(N2C(=O)[C@H]3[C@H](/C=C/c4ccccc4)OC4(C(=O)c5ccccc5C4=O)[C@@H]3C2=O)cc1. The van der Waals surface area contributed by atoms with Crippen molar-refractivity contribution >= 4 is 41.1 Å². The number of imide groups is 1. The van der Waals surface area contributed by atoms with Gasteiger partial charge in [0, 0.05) is 11.1 Å². The third-order valence-electron chi connectivity index (χ3n) is 7.47. The molecule has 0 bridgehead atoms. The molecule has 8 heteroatoms. The molecular formula is C31H23NO7. The number of benzene rings is 3. The minimum Gasteiger partial charge on any atom is -0.462 e. The molecule has 2 heterocycles. The molecule has 39 heavy (non-hydrogen) atoms. The van der Waals surface area contributed by atoms with Gasteiger partial charge in [0.1, 0.15) is 0 Å². The predicted molar refractivity (Wildman–Crippen MR) is 140 cm³/mol. The van der Waals surface area contributed by atoms with Gasteiger partial charge in [-0.2, -0.15) is 0 Å². The van der Waals surface area contributed by atoms with Gasteiger partial charge in [0.15, 0.2) is 0 Å². The van der Waals surface area contributed by atoms with Crippen molar-refractivity contribution < 1.29 is 33.4 Å². The lowest BCUT2D eigenvalue weighted by Gasteiger charge is -2.26. The summed E-state index contributed by atoms with van der Waals surface area (Å²) >= 11 is 0. The average Bonchev–Trinajstić information content (AvgIpc) is 3.52. The minimum absolute atomic E-state index is 0.173. The maximum atomic E-state index is 13.9. The first-order valence-corrected chi connectivity index (χ1v) is 12.6. The molecule has 1 aliphatic carbocycles. The number of esters is 1. The number of hydrogen-bond acceptors (Lipinski definition) is 7. The Morgan fingerprint density at radius 3 is 2.10 bits per heavy atom. The van der Waals surface area contributed by atoms with Gasteiger partial charge < -0.3 is 9.47 Å². The van der Waals surface area contributed by atoms with E-state index in [2.05, 4.69) is 0 Å². The Morgan fingerprint density at radius 1 is 0.872 bits per heavy atom. The molecule has 8 nitrogen and oxygen atoms in total. The Hall–Kier alpha value is -4.69. The Morgan fingerprint density at radius 2 is 1.49 bits per heavy atom. The third-order valence-corrected chi connectivity index (χ3v) is 7.47. The number of fused-ring (bicyclic) bond motifs is 3. The summed E-state index contributed by atoms with van der Waals surface area (Å²) in [5.41, 5.74) is -0.470. The molecule has 1 spiro atoms. The highest BCUT2D eigenvalue weighted by Crippen LogP contribution is 2.53. The highest BCUT2D eigenvalue weighted by Gasteiger charge is 2.74. The fourth-order valence-electron chi connectivity index (χ4n) is 5.73. The normalized spacial score (nSPS) is 23.1. The molecule has 3 aliphatic rings. The van der Waals surface area contributed by atoms with Gasteiger partial charge in [-0.05, 0) is 36.8 Å². The molecule has 0 aromatic heterocycles. The lowest BCUT2D eigenvalue weighted by Crippen LogP contribution is -2.51. The van der Waals surface area contributed by atoms with E-state index < -0.39 is 52.9 Å². The molecule has 2 fully saturated rings. The summed E-state index contributed by atoms with van der Waals surface area (Å²) in [4.78, 5) is 68.4. The van der Waals surface area contributed by atoms with Gasteiger partial charge in [-0.3, -0.25) is 19.2 Å². The van der Waals surface area contributed by atoms with Gasteiger partial charge in [-0.15, -0.1) is 0 Å². The van der Waals surface area contributed by atoms with Gasteiger partial charge >= 0.3 is 5.97 Å². The quantitative estimate of drug-likeness (QED) is 0.285. The largest absolute Gasteiger partial charge is 0.462 e. The van der Waals surface area contributed by atoms with Gasteiger partial charge in [0.2, 0.25) is 29.0 Å².